The Balaban J connectivity index is 0.000000355. The summed E-state index contributed by atoms with van der Waals surface area (Å²) in [6.07, 6.45) is -2.48. The van der Waals surface area contributed by atoms with E-state index in [4.69, 9.17) is 5.26 Å². The van der Waals surface area contributed by atoms with E-state index in [1.54, 1.807) is 29.1 Å². The van der Waals surface area contributed by atoms with Crippen molar-refractivity contribution in [3.05, 3.63) is 177 Å². The Morgan fingerprint density at radius 1 is 0.468 bits per heavy atom. The molecule has 1 aromatic heterocycles. The zero-order chi connectivity index (χ0) is 46.4. The molecule has 0 fully saturated rings. The molecule has 62 heavy (non-hydrogen) atoms. The second-order valence-corrected chi connectivity index (χ2v) is 12.3. The molecule has 0 N–H and O–H groups in total. The second kappa shape index (κ2) is 17.2. The smallest absolute Gasteiger partial charge is 0.227 e. The number of hydrogen-bond donors (Lipinski definition) is 0. The number of hydrogen-bond acceptors (Lipinski definition) is 3. The predicted octanol–water partition coefficient (Wildman–Crippen LogP) is 6.97. The van der Waals surface area contributed by atoms with Crippen LogP contribution in [0.25, 0.3) is 0 Å². The average Bonchev–Trinajstić information content (AvgIpc) is 3.26. The van der Waals surface area contributed by atoms with Gasteiger partial charge in [-0.3, -0.25) is 4.79 Å². The number of ketones is 1. The summed E-state index contributed by atoms with van der Waals surface area (Å²) in [4.78, 5) is 15.7. The molecular weight excluding hydrogens is 893 g/mol. The number of Topliss-reactive ketones (excluding diaryl/α,β-unsaturated/α-hetero) is 1. The summed E-state index contributed by atoms with van der Waals surface area (Å²) in [5.74, 6) is -71.4. The van der Waals surface area contributed by atoms with Gasteiger partial charge in [-0.1, -0.05) is 30.3 Å². The van der Waals surface area contributed by atoms with E-state index in [-0.39, 0.29) is 12.3 Å². The Labute approximate surface area is 330 Å². The highest BCUT2D eigenvalue weighted by atomic mass is 19.2. The highest BCUT2D eigenvalue weighted by Gasteiger charge is 2.52. The van der Waals surface area contributed by atoms with Crippen LogP contribution in [-0.2, 0) is 6.54 Å². The molecule has 25 heteroatoms. The SMILES string of the molecule is Fc1c(F)c(F)c([B-](c2c(F)c(F)c(F)c(F)c2F)(c2c(F)c(F)c(F)c(F)c2F)c2c(F)c(F)c(F)c(F)c2F)c(F)c1F.N#Cc1c[n+](CC(=O)c2ccccc2)ccn1. The Morgan fingerprint density at radius 2 is 0.742 bits per heavy atom. The van der Waals surface area contributed by atoms with Crippen molar-refractivity contribution < 1.29 is 97.2 Å². The molecule has 322 valence electrons. The monoisotopic (exact) mass is 903 g/mol. The van der Waals surface area contributed by atoms with Crippen LogP contribution in [0.3, 0.4) is 0 Å². The molecule has 0 aliphatic rings. The third kappa shape index (κ3) is 7.21. The van der Waals surface area contributed by atoms with Crippen LogP contribution in [-0.4, -0.2) is 16.9 Å². The fourth-order valence-electron chi connectivity index (χ4n) is 6.34. The lowest BCUT2D eigenvalue weighted by Crippen LogP contribution is -2.81. The quantitative estimate of drug-likeness (QED) is 0.0435. The Hall–Kier alpha value is -7.00. The summed E-state index contributed by atoms with van der Waals surface area (Å²) in [5, 5.41) is 8.70. The molecule has 0 bridgehead atoms. The molecular formula is C37H10BF20N3O. The van der Waals surface area contributed by atoms with Gasteiger partial charge in [0.25, 0.3) is 0 Å². The van der Waals surface area contributed by atoms with Crippen LogP contribution in [0.15, 0.2) is 48.9 Å². The first kappa shape index (κ1) is 46.1. The third-order valence-corrected chi connectivity index (χ3v) is 9.00. The van der Waals surface area contributed by atoms with E-state index in [1.165, 1.54) is 6.20 Å². The van der Waals surface area contributed by atoms with Gasteiger partial charge < -0.3 is 0 Å². The molecule has 0 aliphatic carbocycles. The minimum absolute atomic E-state index is 0.00527. The predicted molar refractivity (Wildman–Crippen MR) is 169 cm³/mol. The van der Waals surface area contributed by atoms with Gasteiger partial charge in [-0.25, -0.2) is 92.8 Å². The van der Waals surface area contributed by atoms with Crippen LogP contribution < -0.4 is 26.4 Å². The first-order chi connectivity index (χ1) is 29.0. The fraction of sp³-hybridized carbons (Fsp3) is 0.0270. The van der Waals surface area contributed by atoms with Crippen LogP contribution in [0.1, 0.15) is 16.1 Å². The number of halogens is 20. The Bertz CT molecular complexity index is 2490. The number of carbonyl (C=O) groups excluding carboxylic acids is 1. The topological polar surface area (TPSA) is 57.6 Å². The Morgan fingerprint density at radius 3 is 1.02 bits per heavy atom. The molecule has 5 aromatic carbocycles. The minimum atomic E-state index is -7.22. The van der Waals surface area contributed by atoms with Crippen molar-refractivity contribution in [2.45, 2.75) is 6.54 Å². The molecule has 0 unspecified atom stereocenters. The lowest BCUT2D eigenvalue weighted by molar-refractivity contribution is -0.683. The molecule has 6 rings (SSSR count). The van der Waals surface area contributed by atoms with Crippen molar-refractivity contribution in [3.63, 3.8) is 0 Å². The standard InChI is InChI=1S/C24BF20.C13H10N3O/c26-5-1(6(27)14(35)21(42)13(5)34)25(2-7(28)15(36)22(43)16(37)8(2)29,3-9(30)17(38)23(44)18(39)10(3)31)4-11(32)19(40)24(45)20(41)12(4)33;14-8-12-9-16(7-6-15-12)10-13(17)11-4-2-1-3-5-11/h;1-7,9H,10H2/q-1;+1. The third-order valence-electron chi connectivity index (χ3n) is 9.00. The largest absolute Gasteiger partial charge is 0.287 e. The van der Waals surface area contributed by atoms with Gasteiger partial charge in [0, 0.05) is 5.56 Å². The molecule has 6 aromatic rings. The number of carbonyl (C=O) groups is 1. The van der Waals surface area contributed by atoms with Crippen LogP contribution in [0, 0.1) is 128 Å². The van der Waals surface area contributed by atoms with Gasteiger partial charge in [-0.05, 0) is 0 Å². The van der Waals surface area contributed by atoms with E-state index >= 15 is 35.1 Å². The van der Waals surface area contributed by atoms with Crippen molar-refractivity contribution in [2.75, 3.05) is 0 Å². The summed E-state index contributed by atoms with van der Waals surface area (Å²) in [7, 11) is 0. The van der Waals surface area contributed by atoms with Crippen LogP contribution in [0.4, 0.5) is 87.8 Å². The summed E-state index contributed by atoms with van der Waals surface area (Å²) in [5.41, 5.74) is -13.4. The molecule has 0 saturated carbocycles. The van der Waals surface area contributed by atoms with E-state index in [2.05, 4.69) is 4.98 Å². The number of nitriles is 1. The van der Waals surface area contributed by atoms with Crippen LogP contribution in [0.5, 0.6) is 0 Å². The summed E-state index contributed by atoms with van der Waals surface area (Å²) >= 11 is 0. The van der Waals surface area contributed by atoms with E-state index in [0.29, 0.717) is 11.3 Å². The van der Waals surface area contributed by atoms with Crippen molar-refractivity contribution in [3.8, 4) is 6.07 Å². The molecule has 0 saturated heterocycles. The van der Waals surface area contributed by atoms with E-state index in [0.717, 1.165) is 0 Å². The highest BCUT2D eigenvalue weighted by Crippen LogP contribution is 2.30. The lowest BCUT2D eigenvalue weighted by atomic mass is 9.12. The zero-order valence-corrected chi connectivity index (χ0v) is 29.2. The van der Waals surface area contributed by atoms with Gasteiger partial charge in [0.15, 0.2) is 76.0 Å². The molecule has 0 amide bonds. The van der Waals surface area contributed by atoms with Gasteiger partial charge in [-0.2, -0.15) is 9.83 Å². The van der Waals surface area contributed by atoms with Crippen molar-refractivity contribution in [1.29, 1.82) is 5.26 Å². The number of benzene rings is 5. The van der Waals surface area contributed by atoms with Crippen molar-refractivity contribution in [2.24, 2.45) is 0 Å². The van der Waals surface area contributed by atoms with Gasteiger partial charge in [-0.15, -0.1) is 21.9 Å². The van der Waals surface area contributed by atoms with Gasteiger partial charge >= 0.3 is 0 Å². The number of aromatic nitrogens is 2. The molecule has 0 atom stereocenters. The first-order valence-corrected chi connectivity index (χ1v) is 16.1. The maximum atomic E-state index is 15.4. The number of rotatable bonds is 7. The molecule has 0 radical (unpaired) electrons. The average molecular weight is 903 g/mol. The van der Waals surface area contributed by atoms with Crippen LogP contribution >= 0.6 is 0 Å². The van der Waals surface area contributed by atoms with E-state index in [1.807, 2.05) is 24.3 Å². The van der Waals surface area contributed by atoms with E-state index < -0.39 is 144 Å². The van der Waals surface area contributed by atoms with E-state index in [9.17, 15) is 57.5 Å². The molecule has 0 aliphatic heterocycles. The lowest BCUT2D eigenvalue weighted by Gasteiger charge is -2.44. The number of nitrogens with zero attached hydrogens (tertiary/aromatic N) is 3. The second-order valence-electron chi connectivity index (χ2n) is 12.3. The van der Waals surface area contributed by atoms with Gasteiger partial charge in [0.05, 0.1) is 6.20 Å². The van der Waals surface area contributed by atoms with Crippen molar-refractivity contribution in [1.82, 2.24) is 4.98 Å². The van der Waals surface area contributed by atoms with Crippen molar-refractivity contribution >= 4 is 33.8 Å². The van der Waals surface area contributed by atoms with Gasteiger partial charge in [0.2, 0.25) is 24.2 Å². The summed E-state index contributed by atoms with van der Waals surface area (Å²) < 4.78 is 296. The summed E-state index contributed by atoms with van der Waals surface area (Å²) in [6.45, 7) is 0.210. The molecule has 4 nitrogen and oxygen atoms in total. The summed E-state index contributed by atoms with van der Waals surface area (Å²) in [6, 6.07) is 11.0. The zero-order valence-electron chi connectivity index (χ0n) is 29.2. The maximum absolute atomic E-state index is 15.4. The maximum Gasteiger partial charge on any atom is 0.227 e. The molecule has 0 spiro atoms. The first-order valence-electron chi connectivity index (χ1n) is 16.1. The van der Waals surface area contributed by atoms with Crippen LogP contribution in [0.2, 0.25) is 0 Å². The van der Waals surface area contributed by atoms with Gasteiger partial charge in [0.1, 0.15) is 58.8 Å². The normalized spacial score (nSPS) is 11.3. The highest BCUT2D eigenvalue weighted by molar-refractivity contribution is 7.20. The Kier molecular flexibility index (Phi) is 12.8. The fourth-order valence-corrected chi connectivity index (χ4v) is 6.34. The molecule has 1 heterocycles. The minimum Gasteiger partial charge on any atom is -0.287 e.